The lowest BCUT2D eigenvalue weighted by Gasteiger charge is -2.23. The Balaban J connectivity index is 1.56. The number of aliphatic carboxylic acids is 1. The van der Waals surface area contributed by atoms with E-state index in [1.807, 2.05) is 0 Å². The van der Waals surface area contributed by atoms with Crippen molar-refractivity contribution in [2.75, 3.05) is 13.3 Å². The number of nitrogens with zero attached hydrogens (tertiary/aromatic N) is 1. The number of Topliss-reactive ketones (excluding diaryl/α,β-unsaturated/α-hetero) is 2. The number of carbonyl (C=O) groups is 4. The highest BCUT2D eigenvalue weighted by Gasteiger charge is 2.41. The zero-order chi connectivity index (χ0) is 29.3. The summed E-state index contributed by atoms with van der Waals surface area (Å²) in [6, 6.07) is 11.8. The molecule has 2 aromatic rings. The summed E-state index contributed by atoms with van der Waals surface area (Å²) in [5.41, 5.74) is 1.63. The molecule has 1 saturated heterocycles. The molecular weight excluding hydrogens is 538 g/mol. The summed E-state index contributed by atoms with van der Waals surface area (Å²) in [6.07, 6.45) is 1.16. The van der Waals surface area contributed by atoms with Crippen LogP contribution in [0.5, 0.6) is 0 Å². The molecule has 0 unspecified atom stereocenters. The molecule has 3 rings (SSSR count). The highest BCUT2D eigenvalue weighted by Crippen LogP contribution is 2.22. The molecule has 1 heterocycles. The van der Waals surface area contributed by atoms with Crippen LogP contribution < -0.4 is 5.32 Å². The van der Waals surface area contributed by atoms with Gasteiger partial charge in [0.2, 0.25) is 15.9 Å². The average molecular weight is 572 g/mol. The van der Waals surface area contributed by atoms with Crippen LogP contribution in [0, 0.1) is 5.41 Å². The second-order valence-electron chi connectivity index (χ2n) is 9.71. The Labute approximate surface area is 233 Å². The van der Waals surface area contributed by atoms with E-state index in [1.165, 1.54) is 12.1 Å². The topological polar surface area (TPSA) is 171 Å². The summed E-state index contributed by atoms with van der Waals surface area (Å²) >= 11 is 0. The van der Waals surface area contributed by atoms with E-state index >= 15 is 0 Å². The van der Waals surface area contributed by atoms with Crippen molar-refractivity contribution in [2.24, 2.45) is 0 Å². The first kappa shape index (κ1) is 30.8. The number of carboxylic acid groups (broad SMARTS) is 1. The molecule has 12 heteroatoms. The van der Waals surface area contributed by atoms with E-state index in [9.17, 15) is 32.7 Å². The van der Waals surface area contributed by atoms with E-state index in [4.69, 9.17) is 10.1 Å². The highest BCUT2D eigenvalue weighted by molar-refractivity contribution is 7.89. The van der Waals surface area contributed by atoms with Crippen LogP contribution in [0.3, 0.4) is 0 Å². The van der Waals surface area contributed by atoms with E-state index in [1.54, 1.807) is 49.4 Å². The Kier molecular flexibility index (Phi) is 10.8. The molecule has 0 aromatic heterocycles. The molecule has 1 fully saturated rings. The maximum absolute atomic E-state index is 13.0. The third kappa shape index (κ3) is 8.63. The molecular formula is C28H33N3O8S. The number of ether oxygens (including phenoxy) is 1. The smallest absolute Gasteiger partial charge is 0.326 e. The van der Waals surface area contributed by atoms with Gasteiger partial charge in [-0.25, -0.2) is 13.2 Å². The second-order valence-corrected chi connectivity index (χ2v) is 11.6. The molecule has 0 spiro atoms. The van der Waals surface area contributed by atoms with Crippen LogP contribution >= 0.6 is 0 Å². The molecule has 11 nitrogen and oxygen atoms in total. The number of benzene rings is 2. The lowest BCUT2D eigenvalue weighted by Crippen LogP contribution is -2.52. The van der Waals surface area contributed by atoms with Gasteiger partial charge < -0.3 is 20.6 Å². The van der Waals surface area contributed by atoms with Crippen LogP contribution in [-0.4, -0.2) is 72.4 Å². The van der Waals surface area contributed by atoms with Crippen LogP contribution in [0.2, 0.25) is 0 Å². The molecule has 0 radical (unpaired) electrons. The van der Waals surface area contributed by atoms with Gasteiger partial charge in [0.1, 0.15) is 30.4 Å². The van der Waals surface area contributed by atoms with E-state index in [0.717, 1.165) is 9.87 Å². The predicted molar refractivity (Wildman–Crippen MR) is 145 cm³/mol. The minimum absolute atomic E-state index is 0.00183. The van der Waals surface area contributed by atoms with E-state index in [-0.39, 0.29) is 61.9 Å². The second kappa shape index (κ2) is 14.1. The minimum atomic E-state index is -4.03. The Morgan fingerprint density at radius 2 is 1.65 bits per heavy atom. The number of rotatable bonds is 15. The number of amides is 1. The standard InChI is InChI=1S/C28H33N3O8S/c1-19(29)14-22(32)6-5-7-23(33)15-20-10-12-21(13-11-20)16-25(28(35)36)30-27(34)26-17-39-18-31(26)40(37,38)24-8-3-2-4-9-24/h2-4,8-13,25-26,29H,5-7,14-18H2,1H3,(H,30,34)(H,35,36)/t25-,26-/m0/s1. The molecule has 2 atom stereocenters. The van der Waals surface area contributed by atoms with Crippen molar-refractivity contribution in [3.8, 4) is 0 Å². The predicted octanol–water partition coefficient (Wildman–Crippen LogP) is 2.13. The number of carbonyl (C=O) groups excluding carboxylic acids is 3. The van der Waals surface area contributed by atoms with Gasteiger partial charge in [-0.1, -0.05) is 42.5 Å². The van der Waals surface area contributed by atoms with Crippen molar-refractivity contribution in [1.82, 2.24) is 9.62 Å². The minimum Gasteiger partial charge on any atom is -0.480 e. The Morgan fingerprint density at radius 3 is 2.27 bits per heavy atom. The summed E-state index contributed by atoms with van der Waals surface area (Å²) < 4.78 is 32.1. The van der Waals surface area contributed by atoms with Crippen molar-refractivity contribution >= 4 is 39.2 Å². The van der Waals surface area contributed by atoms with Gasteiger partial charge in [0.25, 0.3) is 0 Å². The van der Waals surface area contributed by atoms with Gasteiger partial charge in [-0.15, -0.1) is 0 Å². The number of hydrogen-bond donors (Lipinski definition) is 3. The van der Waals surface area contributed by atoms with E-state index in [0.29, 0.717) is 17.7 Å². The number of carboxylic acids is 1. The molecule has 3 N–H and O–H groups in total. The van der Waals surface area contributed by atoms with Crippen molar-refractivity contribution in [3.05, 3.63) is 65.7 Å². The van der Waals surface area contributed by atoms with Gasteiger partial charge >= 0.3 is 5.97 Å². The molecule has 214 valence electrons. The van der Waals surface area contributed by atoms with Crippen LogP contribution in [0.25, 0.3) is 0 Å². The number of nitrogens with one attached hydrogen (secondary N) is 2. The number of hydrogen-bond acceptors (Lipinski definition) is 8. The SMILES string of the molecule is CC(=N)CC(=O)CCCC(=O)Cc1ccc(C[C@H](NC(=O)[C@@H]2COCN2S(=O)(=O)c2ccccc2)C(=O)O)cc1. The molecule has 40 heavy (non-hydrogen) atoms. The highest BCUT2D eigenvalue weighted by atomic mass is 32.2. The van der Waals surface area contributed by atoms with Gasteiger partial charge in [-0.05, 0) is 36.6 Å². The largest absolute Gasteiger partial charge is 0.480 e. The van der Waals surface area contributed by atoms with Gasteiger partial charge in [-0.3, -0.25) is 14.4 Å². The maximum atomic E-state index is 13.0. The van der Waals surface area contributed by atoms with Crippen molar-refractivity contribution in [2.45, 2.75) is 62.4 Å². The van der Waals surface area contributed by atoms with Gasteiger partial charge in [0.05, 0.1) is 11.5 Å². The summed E-state index contributed by atoms with van der Waals surface area (Å²) in [5, 5.41) is 19.5. The normalized spacial score (nSPS) is 16.3. The molecule has 0 bridgehead atoms. The summed E-state index contributed by atoms with van der Waals surface area (Å²) in [4.78, 5) is 48.8. The number of ketones is 2. The van der Waals surface area contributed by atoms with Gasteiger partial charge in [-0.2, -0.15) is 4.31 Å². The lowest BCUT2D eigenvalue weighted by atomic mass is 10.00. The van der Waals surface area contributed by atoms with Gasteiger partial charge in [0.15, 0.2) is 0 Å². The van der Waals surface area contributed by atoms with Crippen LogP contribution in [0.4, 0.5) is 0 Å². The summed E-state index contributed by atoms with van der Waals surface area (Å²) in [7, 11) is -4.03. The van der Waals surface area contributed by atoms with Crippen molar-refractivity contribution in [3.63, 3.8) is 0 Å². The summed E-state index contributed by atoms with van der Waals surface area (Å²) in [5.74, 6) is -2.15. The third-order valence-corrected chi connectivity index (χ3v) is 8.19. The molecule has 0 aliphatic carbocycles. The molecule has 0 saturated carbocycles. The Morgan fingerprint density at radius 1 is 1.02 bits per heavy atom. The van der Waals surface area contributed by atoms with Crippen molar-refractivity contribution in [1.29, 1.82) is 5.41 Å². The quantitative estimate of drug-likeness (QED) is 0.273. The van der Waals surface area contributed by atoms with Crippen LogP contribution in [0.1, 0.15) is 43.7 Å². The van der Waals surface area contributed by atoms with E-state index < -0.39 is 34.0 Å². The van der Waals surface area contributed by atoms with Crippen LogP contribution in [-0.2, 0) is 46.8 Å². The van der Waals surface area contributed by atoms with E-state index in [2.05, 4.69) is 5.32 Å². The summed E-state index contributed by atoms with van der Waals surface area (Å²) in [6.45, 7) is 1.04. The molecule has 1 amide bonds. The zero-order valence-corrected chi connectivity index (χ0v) is 23.0. The average Bonchev–Trinajstić information content (AvgIpc) is 3.41. The molecule has 2 aromatic carbocycles. The first-order valence-corrected chi connectivity index (χ1v) is 14.2. The fraction of sp³-hybridized carbons (Fsp3) is 0.393. The third-order valence-electron chi connectivity index (χ3n) is 6.35. The molecule has 1 aliphatic rings. The fourth-order valence-corrected chi connectivity index (χ4v) is 5.76. The number of sulfonamides is 1. The fourth-order valence-electron chi connectivity index (χ4n) is 4.28. The maximum Gasteiger partial charge on any atom is 0.326 e. The monoisotopic (exact) mass is 571 g/mol. The first-order chi connectivity index (χ1) is 19.0. The Bertz CT molecular complexity index is 1340. The van der Waals surface area contributed by atoms with Crippen LogP contribution in [0.15, 0.2) is 59.5 Å². The Hall–Kier alpha value is -3.74. The first-order valence-electron chi connectivity index (χ1n) is 12.8. The van der Waals surface area contributed by atoms with Crippen molar-refractivity contribution < 1.29 is 37.4 Å². The van der Waals surface area contributed by atoms with Gasteiger partial charge in [0, 0.05) is 37.8 Å². The zero-order valence-electron chi connectivity index (χ0n) is 22.2. The lowest BCUT2D eigenvalue weighted by molar-refractivity contribution is -0.142. The molecule has 1 aliphatic heterocycles.